The lowest BCUT2D eigenvalue weighted by molar-refractivity contribution is 0.111. The summed E-state index contributed by atoms with van der Waals surface area (Å²) in [6.07, 6.45) is 0. The van der Waals surface area contributed by atoms with E-state index < -0.39 is 5.95 Å². The normalized spacial score (nSPS) is 11.2. The molecule has 0 aliphatic heterocycles. The number of ether oxygens (including phenoxy) is 1. The van der Waals surface area contributed by atoms with Crippen molar-refractivity contribution in [1.29, 1.82) is 5.39 Å². The number of rotatable bonds is 4. The molecule has 0 atom stereocenters. The first-order chi connectivity index (χ1) is 7.65. The summed E-state index contributed by atoms with van der Waals surface area (Å²) in [4.78, 5) is 3.01. The number of diazo groups is 1. The number of aliphatic hydroxyl groups excluding tert-OH is 1. The largest absolute Gasteiger partial charge is 0.475 e. The summed E-state index contributed by atoms with van der Waals surface area (Å²) in [7, 11) is 0. The summed E-state index contributed by atoms with van der Waals surface area (Å²) < 4.78 is 4.99. The average Bonchev–Trinajstić information content (AvgIpc) is 2.29. The minimum absolute atomic E-state index is 0.00171. The summed E-state index contributed by atoms with van der Waals surface area (Å²) in [6, 6.07) is 8.77. The van der Waals surface area contributed by atoms with Gasteiger partial charge < -0.3 is 9.84 Å². The van der Waals surface area contributed by atoms with Gasteiger partial charge in [-0.25, -0.2) is 0 Å². The van der Waals surface area contributed by atoms with Gasteiger partial charge in [0.2, 0.25) is 5.39 Å². The predicted octanol–water partition coefficient (Wildman–Crippen LogP) is 3.32. The van der Waals surface area contributed by atoms with E-state index in [2.05, 4.69) is 11.6 Å². The number of hydrogen-bond donors (Lipinski definition) is 1. The second kappa shape index (κ2) is 5.56. The molecule has 0 aliphatic carbocycles. The minimum Gasteiger partial charge on any atom is -0.475 e. The molecule has 0 bridgehead atoms. The zero-order chi connectivity index (χ0) is 12.0. The van der Waals surface area contributed by atoms with Crippen LogP contribution in [0.2, 0.25) is 0 Å². The van der Waals surface area contributed by atoms with E-state index in [1.54, 1.807) is 31.2 Å². The van der Waals surface area contributed by atoms with Crippen molar-refractivity contribution < 1.29 is 9.84 Å². The molecule has 0 radical (unpaired) electrons. The average molecular weight is 217 g/mol. The van der Waals surface area contributed by atoms with Crippen LogP contribution in [0.4, 0.5) is 0 Å². The van der Waals surface area contributed by atoms with E-state index in [4.69, 9.17) is 10.1 Å². The SMILES string of the molecule is C=C(C)CO/C(O)=C(\[N+]#N)c1ccccc1. The van der Waals surface area contributed by atoms with E-state index in [1.165, 1.54) is 0 Å². The first-order valence-corrected chi connectivity index (χ1v) is 4.76. The highest BCUT2D eigenvalue weighted by atomic mass is 16.6. The van der Waals surface area contributed by atoms with Crippen LogP contribution in [0.25, 0.3) is 10.7 Å². The molecule has 0 unspecified atom stereocenters. The molecule has 0 spiro atoms. The highest BCUT2D eigenvalue weighted by Gasteiger charge is 2.23. The molecule has 16 heavy (non-hydrogen) atoms. The molecular formula is C12H13N2O2+. The maximum Gasteiger partial charge on any atom is 0.471 e. The Balaban J connectivity index is 2.93. The Bertz CT molecular complexity index is 444. The lowest BCUT2D eigenvalue weighted by Gasteiger charge is -2.01. The summed E-state index contributed by atoms with van der Waals surface area (Å²) in [5, 5.41) is 18.4. The van der Waals surface area contributed by atoms with Gasteiger partial charge in [-0.15, -0.1) is 0 Å². The van der Waals surface area contributed by atoms with Crippen molar-refractivity contribution >= 4 is 5.70 Å². The Hall–Kier alpha value is -2.28. The van der Waals surface area contributed by atoms with Crippen LogP contribution in [-0.2, 0) is 4.74 Å². The topological polar surface area (TPSA) is 57.6 Å². The number of aliphatic hydroxyl groups is 1. The van der Waals surface area contributed by atoms with E-state index in [0.29, 0.717) is 5.56 Å². The molecule has 82 valence electrons. The van der Waals surface area contributed by atoms with Crippen molar-refractivity contribution in [3.63, 3.8) is 0 Å². The molecule has 4 nitrogen and oxygen atoms in total. The maximum atomic E-state index is 9.57. The van der Waals surface area contributed by atoms with Crippen molar-refractivity contribution in [2.75, 3.05) is 6.61 Å². The highest BCUT2D eigenvalue weighted by Crippen LogP contribution is 2.19. The summed E-state index contributed by atoms with van der Waals surface area (Å²) in [5.41, 5.74) is 1.34. The molecule has 1 aromatic rings. The summed E-state index contributed by atoms with van der Waals surface area (Å²) in [5.74, 6) is -0.420. The molecule has 0 saturated carbocycles. The fourth-order valence-corrected chi connectivity index (χ4v) is 1.08. The first-order valence-electron chi connectivity index (χ1n) is 4.76. The van der Waals surface area contributed by atoms with Crippen molar-refractivity contribution in [3.8, 4) is 0 Å². The highest BCUT2D eigenvalue weighted by molar-refractivity contribution is 5.70. The van der Waals surface area contributed by atoms with E-state index in [-0.39, 0.29) is 12.3 Å². The second-order valence-corrected chi connectivity index (χ2v) is 3.37. The second-order valence-electron chi connectivity index (χ2n) is 3.37. The van der Waals surface area contributed by atoms with E-state index in [9.17, 15) is 5.11 Å². The van der Waals surface area contributed by atoms with Gasteiger partial charge in [0.05, 0.1) is 5.56 Å². The van der Waals surface area contributed by atoms with Crippen LogP contribution in [0.3, 0.4) is 0 Å². The number of nitrogens with zero attached hydrogens (tertiary/aromatic N) is 2. The molecule has 1 aromatic carbocycles. The molecular weight excluding hydrogens is 204 g/mol. The number of benzene rings is 1. The first kappa shape index (κ1) is 11.8. The third-order valence-electron chi connectivity index (χ3n) is 1.81. The molecule has 0 heterocycles. The lowest BCUT2D eigenvalue weighted by atomic mass is 10.2. The van der Waals surface area contributed by atoms with Gasteiger partial charge in [-0.3, -0.25) is 0 Å². The molecule has 1 N–H and O–H groups in total. The van der Waals surface area contributed by atoms with Gasteiger partial charge >= 0.3 is 11.6 Å². The molecule has 0 aliphatic rings. The molecule has 0 fully saturated rings. The van der Waals surface area contributed by atoms with Crippen LogP contribution in [-0.4, -0.2) is 11.7 Å². The van der Waals surface area contributed by atoms with Gasteiger partial charge in [0, 0.05) is 0 Å². The van der Waals surface area contributed by atoms with Crippen molar-refractivity contribution in [1.82, 2.24) is 0 Å². The minimum atomic E-state index is -0.420. The Morgan fingerprint density at radius 1 is 1.44 bits per heavy atom. The van der Waals surface area contributed by atoms with Crippen molar-refractivity contribution in [2.24, 2.45) is 0 Å². The summed E-state index contributed by atoms with van der Waals surface area (Å²) >= 11 is 0. The zero-order valence-electron chi connectivity index (χ0n) is 9.05. The van der Waals surface area contributed by atoms with Crippen LogP contribution in [0.15, 0.2) is 48.4 Å². The zero-order valence-corrected chi connectivity index (χ0v) is 9.05. The van der Waals surface area contributed by atoms with Crippen LogP contribution >= 0.6 is 0 Å². The van der Waals surface area contributed by atoms with Gasteiger partial charge in [-0.2, -0.15) is 0 Å². The Labute approximate surface area is 94.1 Å². The quantitative estimate of drug-likeness (QED) is 0.478. The van der Waals surface area contributed by atoms with Crippen molar-refractivity contribution in [2.45, 2.75) is 6.92 Å². The predicted molar refractivity (Wildman–Crippen MR) is 61.8 cm³/mol. The number of hydrogen-bond acceptors (Lipinski definition) is 3. The Morgan fingerprint density at radius 3 is 2.56 bits per heavy atom. The van der Waals surface area contributed by atoms with E-state index >= 15 is 0 Å². The lowest BCUT2D eigenvalue weighted by Crippen LogP contribution is -1.97. The molecule has 0 amide bonds. The molecule has 1 rings (SSSR count). The molecule has 0 saturated heterocycles. The third kappa shape index (κ3) is 3.14. The fraction of sp³-hybridized carbons (Fsp3) is 0.167. The van der Waals surface area contributed by atoms with Crippen LogP contribution in [0.1, 0.15) is 12.5 Å². The molecule has 4 heteroatoms. The van der Waals surface area contributed by atoms with Crippen LogP contribution in [0, 0.1) is 5.39 Å². The Morgan fingerprint density at radius 2 is 2.06 bits per heavy atom. The van der Waals surface area contributed by atoms with E-state index in [1.807, 2.05) is 6.07 Å². The van der Waals surface area contributed by atoms with Gasteiger partial charge in [0.1, 0.15) is 6.61 Å². The smallest absolute Gasteiger partial charge is 0.471 e. The molecule has 0 aromatic heterocycles. The van der Waals surface area contributed by atoms with Gasteiger partial charge in [-0.1, -0.05) is 24.8 Å². The third-order valence-corrected chi connectivity index (χ3v) is 1.81. The Kier molecular flexibility index (Phi) is 4.10. The van der Waals surface area contributed by atoms with Gasteiger partial charge in [-0.05, 0) is 24.6 Å². The van der Waals surface area contributed by atoms with Crippen molar-refractivity contribution in [3.05, 3.63) is 59.0 Å². The standard InChI is InChI=1S/C12H12N2O2/c1-9(2)8-16-12(15)11(14-13)10-6-4-3-5-7-10/h3-7H,1,8H2,2H3/p+1/b12-11-. The fourth-order valence-electron chi connectivity index (χ4n) is 1.08. The van der Waals surface area contributed by atoms with Gasteiger partial charge in [0.15, 0.2) is 4.98 Å². The monoisotopic (exact) mass is 217 g/mol. The van der Waals surface area contributed by atoms with Crippen LogP contribution < -0.4 is 0 Å². The van der Waals surface area contributed by atoms with Crippen LogP contribution in [0.5, 0.6) is 0 Å². The maximum absolute atomic E-state index is 9.57. The van der Waals surface area contributed by atoms with Gasteiger partial charge in [0.25, 0.3) is 0 Å². The van der Waals surface area contributed by atoms with E-state index in [0.717, 1.165) is 5.57 Å². The summed E-state index contributed by atoms with van der Waals surface area (Å²) in [6.45, 7) is 5.58.